The second-order valence-electron chi connectivity index (χ2n) is 5.92. The average Bonchev–Trinajstić information content (AvgIpc) is 3.10. The van der Waals surface area contributed by atoms with E-state index in [1.807, 2.05) is 25.1 Å². The number of carbonyl (C=O) groups is 1. The van der Waals surface area contributed by atoms with E-state index < -0.39 is 10.8 Å². The molecular formula is C19H16ClN3O4S. The lowest BCUT2D eigenvalue weighted by atomic mass is 10.1. The molecule has 1 aromatic heterocycles. The fourth-order valence-electron chi connectivity index (χ4n) is 2.51. The number of nitrogens with one attached hydrogen (secondary N) is 1. The molecule has 0 fully saturated rings. The summed E-state index contributed by atoms with van der Waals surface area (Å²) < 4.78 is 5.27. The van der Waals surface area contributed by atoms with Crippen LogP contribution in [0.3, 0.4) is 0 Å². The van der Waals surface area contributed by atoms with Crippen LogP contribution in [0.25, 0.3) is 0 Å². The average molecular weight is 418 g/mol. The van der Waals surface area contributed by atoms with Gasteiger partial charge in [0.2, 0.25) is 0 Å². The van der Waals surface area contributed by atoms with Gasteiger partial charge < -0.3 is 4.74 Å². The van der Waals surface area contributed by atoms with E-state index in [1.54, 1.807) is 12.3 Å². The maximum atomic E-state index is 12.1. The highest BCUT2D eigenvalue weighted by atomic mass is 35.5. The molecule has 2 aromatic carbocycles. The molecule has 1 N–H and O–H groups in total. The lowest BCUT2D eigenvalue weighted by Crippen LogP contribution is -2.20. The molecule has 7 nitrogen and oxygen atoms in total. The summed E-state index contributed by atoms with van der Waals surface area (Å²) >= 11 is 7.65. The number of nitro benzene ring substituents is 1. The highest BCUT2D eigenvalue weighted by Gasteiger charge is 2.15. The van der Waals surface area contributed by atoms with Gasteiger partial charge in [-0.1, -0.05) is 41.9 Å². The normalized spacial score (nSPS) is 10.5. The number of ether oxygens (including phenoxy) is 1. The summed E-state index contributed by atoms with van der Waals surface area (Å²) in [5.41, 5.74) is 1.80. The first-order chi connectivity index (χ1) is 13.4. The quantitative estimate of drug-likeness (QED) is 0.447. The number of hydrogen-bond acceptors (Lipinski definition) is 6. The van der Waals surface area contributed by atoms with Crippen LogP contribution in [0.15, 0.2) is 48.7 Å². The molecule has 3 rings (SSSR count). The van der Waals surface area contributed by atoms with Crippen LogP contribution in [-0.4, -0.2) is 22.4 Å². The van der Waals surface area contributed by atoms with Crippen molar-refractivity contribution >= 4 is 39.7 Å². The standard InChI is InChI=1S/C19H16ClN3O4S/c1-12-5-4-6-13(18(12)20)9-14-10-21-19(28-14)22-17(24)11-27-16-8-3-2-7-15(16)23(25)26/h2-8,10H,9,11H2,1H3,(H,21,22,24). The zero-order chi connectivity index (χ0) is 20.1. The Morgan fingerprint density at radius 2 is 2.07 bits per heavy atom. The van der Waals surface area contributed by atoms with E-state index in [-0.39, 0.29) is 18.0 Å². The molecule has 28 heavy (non-hydrogen) atoms. The first kappa shape index (κ1) is 19.8. The molecule has 0 saturated heterocycles. The molecule has 0 saturated carbocycles. The zero-order valence-electron chi connectivity index (χ0n) is 14.8. The molecule has 0 aliphatic rings. The van der Waals surface area contributed by atoms with Gasteiger partial charge in [-0.15, -0.1) is 11.3 Å². The fourth-order valence-corrected chi connectivity index (χ4v) is 3.55. The maximum absolute atomic E-state index is 12.1. The highest BCUT2D eigenvalue weighted by molar-refractivity contribution is 7.15. The molecule has 3 aromatic rings. The van der Waals surface area contributed by atoms with Gasteiger partial charge in [-0.05, 0) is 24.1 Å². The van der Waals surface area contributed by atoms with Crippen molar-refractivity contribution in [1.82, 2.24) is 4.98 Å². The van der Waals surface area contributed by atoms with Gasteiger partial charge in [0, 0.05) is 28.6 Å². The van der Waals surface area contributed by atoms with E-state index in [2.05, 4.69) is 10.3 Å². The number of benzene rings is 2. The zero-order valence-corrected chi connectivity index (χ0v) is 16.4. The van der Waals surface area contributed by atoms with Crippen molar-refractivity contribution in [1.29, 1.82) is 0 Å². The minimum Gasteiger partial charge on any atom is -0.477 e. The van der Waals surface area contributed by atoms with Crippen molar-refractivity contribution in [3.05, 3.63) is 79.8 Å². The van der Waals surface area contributed by atoms with Crippen molar-refractivity contribution in [2.45, 2.75) is 13.3 Å². The molecule has 0 radical (unpaired) electrons. The number of halogens is 1. The predicted octanol–water partition coefficient (Wildman–Crippen LogP) is 4.62. The Kier molecular flexibility index (Phi) is 6.23. The predicted molar refractivity (Wildman–Crippen MR) is 108 cm³/mol. The van der Waals surface area contributed by atoms with Gasteiger partial charge in [0.25, 0.3) is 5.91 Å². The first-order valence-electron chi connectivity index (χ1n) is 8.29. The lowest BCUT2D eigenvalue weighted by molar-refractivity contribution is -0.385. The SMILES string of the molecule is Cc1cccc(Cc2cnc(NC(=O)COc3ccccc3[N+](=O)[O-])s2)c1Cl. The molecule has 1 amide bonds. The van der Waals surface area contributed by atoms with E-state index in [0.29, 0.717) is 11.6 Å². The van der Waals surface area contributed by atoms with E-state index in [0.717, 1.165) is 21.0 Å². The van der Waals surface area contributed by atoms with Crippen LogP contribution in [0.4, 0.5) is 10.8 Å². The molecule has 144 valence electrons. The Hall–Kier alpha value is -2.97. The Balaban J connectivity index is 1.58. The summed E-state index contributed by atoms with van der Waals surface area (Å²) in [5, 5.41) is 14.7. The third-order valence-electron chi connectivity index (χ3n) is 3.86. The number of nitrogens with zero attached hydrogens (tertiary/aromatic N) is 2. The maximum Gasteiger partial charge on any atom is 0.310 e. The van der Waals surface area contributed by atoms with E-state index in [1.165, 1.54) is 29.5 Å². The second-order valence-corrected chi connectivity index (χ2v) is 7.41. The van der Waals surface area contributed by atoms with Gasteiger partial charge in [0.1, 0.15) is 0 Å². The minimum absolute atomic E-state index is 0.0385. The summed E-state index contributed by atoms with van der Waals surface area (Å²) in [7, 11) is 0. The number of aromatic nitrogens is 1. The summed E-state index contributed by atoms with van der Waals surface area (Å²) in [6, 6.07) is 11.7. The molecule has 9 heteroatoms. The molecule has 0 unspecified atom stereocenters. The number of aryl methyl sites for hydroxylation is 1. The van der Waals surface area contributed by atoms with Gasteiger partial charge in [-0.2, -0.15) is 0 Å². The molecule has 0 atom stereocenters. The number of rotatable bonds is 7. The van der Waals surface area contributed by atoms with Crippen LogP contribution >= 0.6 is 22.9 Å². The Morgan fingerprint density at radius 3 is 2.86 bits per heavy atom. The molecule has 0 spiro atoms. The molecule has 1 heterocycles. The summed E-state index contributed by atoms with van der Waals surface area (Å²) in [6.07, 6.45) is 2.29. The first-order valence-corrected chi connectivity index (χ1v) is 9.48. The monoisotopic (exact) mass is 417 g/mol. The smallest absolute Gasteiger partial charge is 0.310 e. The van der Waals surface area contributed by atoms with Crippen LogP contribution in [0.5, 0.6) is 5.75 Å². The number of nitro groups is 1. The van der Waals surface area contributed by atoms with Gasteiger partial charge in [0.15, 0.2) is 17.5 Å². The molecule has 0 aliphatic carbocycles. The third kappa shape index (κ3) is 4.85. The largest absolute Gasteiger partial charge is 0.477 e. The number of thiazole rings is 1. The third-order valence-corrected chi connectivity index (χ3v) is 5.31. The van der Waals surface area contributed by atoms with Gasteiger partial charge in [0.05, 0.1) is 4.92 Å². The summed E-state index contributed by atoms with van der Waals surface area (Å²) in [5.74, 6) is -0.413. The Morgan fingerprint density at radius 1 is 1.29 bits per heavy atom. The van der Waals surface area contributed by atoms with Crippen LogP contribution in [-0.2, 0) is 11.2 Å². The van der Waals surface area contributed by atoms with Gasteiger partial charge >= 0.3 is 5.69 Å². The van der Waals surface area contributed by atoms with Crippen molar-refractivity contribution in [3.63, 3.8) is 0 Å². The molecular weight excluding hydrogens is 402 g/mol. The summed E-state index contributed by atoms with van der Waals surface area (Å²) in [6.45, 7) is 1.59. The topological polar surface area (TPSA) is 94.4 Å². The number of para-hydroxylation sites is 2. The molecule has 0 aliphatic heterocycles. The van der Waals surface area contributed by atoms with Crippen molar-refractivity contribution in [2.75, 3.05) is 11.9 Å². The van der Waals surface area contributed by atoms with Crippen LogP contribution in [0.1, 0.15) is 16.0 Å². The van der Waals surface area contributed by atoms with Gasteiger partial charge in [-0.3, -0.25) is 20.2 Å². The number of hydrogen-bond donors (Lipinski definition) is 1. The van der Waals surface area contributed by atoms with Crippen LogP contribution < -0.4 is 10.1 Å². The van der Waals surface area contributed by atoms with E-state index >= 15 is 0 Å². The van der Waals surface area contributed by atoms with E-state index in [9.17, 15) is 14.9 Å². The minimum atomic E-state index is -0.559. The fraction of sp³-hybridized carbons (Fsp3) is 0.158. The molecule has 0 bridgehead atoms. The lowest BCUT2D eigenvalue weighted by Gasteiger charge is -2.06. The number of anilines is 1. The van der Waals surface area contributed by atoms with Gasteiger partial charge in [-0.25, -0.2) is 4.98 Å². The number of carbonyl (C=O) groups excluding carboxylic acids is 1. The van der Waals surface area contributed by atoms with E-state index in [4.69, 9.17) is 16.3 Å². The van der Waals surface area contributed by atoms with Crippen molar-refractivity contribution in [3.8, 4) is 5.75 Å². The Labute approximate surface area is 170 Å². The van der Waals surface area contributed by atoms with Crippen LogP contribution in [0, 0.1) is 17.0 Å². The highest BCUT2D eigenvalue weighted by Crippen LogP contribution is 2.27. The van der Waals surface area contributed by atoms with Crippen molar-refractivity contribution < 1.29 is 14.5 Å². The Bertz CT molecular complexity index is 1020. The number of amides is 1. The van der Waals surface area contributed by atoms with Crippen LogP contribution in [0.2, 0.25) is 5.02 Å². The van der Waals surface area contributed by atoms with Crippen molar-refractivity contribution in [2.24, 2.45) is 0 Å². The summed E-state index contributed by atoms with van der Waals surface area (Å²) in [4.78, 5) is 27.6. The second kappa shape index (κ2) is 8.81.